The number of rotatable bonds is 8. The van der Waals surface area contributed by atoms with E-state index in [4.69, 9.17) is 4.74 Å². The monoisotopic (exact) mass is 260 g/mol. The number of nitrogens with one attached hydrogen (secondary N) is 1. The molecule has 1 atom stereocenters. The molecule has 0 aromatic carbocycles. The first-order chi connectivity index (χ1) is 8.18. The van der Waals surface area contributed by atoms with E-state index in [0.29, 0.717) is 6.10 Å². The Morgan fingerprint density at radius 2 is 2.24 bits per heavy atom. The van der Waals surface area contributed by atoms with Gasteiger partial charge < -0.3 is 15.0 Å². The maximum absolute atomic E-state index is 5.50. The SMILES string of the molecule is CC(C)OCCCNCCN1CCSC(C)C1. The van der Waals surface area contributed by atoms with Crippen LogP contribution >= 0.6 is 11.8 Å². The van der Waals surface area contributed by atoms with Crippen molar-refractivity contribution in [3.8, 4) is 0 Å². The summed E-state index contributed by atoms with van der Waals surface area (Å²) in [4.78, 5) is 2.57. The summed E-state index contributed by atoms with van der Waals surface area (Å²) in [5.41, 5.74) is 0. The Labute approximate surface area is 111 Å². The van der Waals surface area contributed by atoms with E-state index in [1.54, 1.807) is 0 Å². The average molecular weight is 260 g/mol. The largest absolute Gasteiger partial charge is 0.379 e. The lowest BCUT2D eigenvalue weighted by molar-refractivity contribution is 0.0770. The van der Waals surface area contributed by atoms with Gasteiger partial charge in [-0.3, -0.25) is 0 Å². The van der Waals surface area contributed by atoms with E-state index >= 15 is 0 Å². The van der Waals surface area contributed by atoms with Gasteiger partial charge in [0.25, 0.3) is 0 Å². The molecule has 4 heteroatoms. The third-order valence-electron chi connectivity index (χ3n) is 2.88. The fourth-order valence-electron chi connectivity index (χ4n) is 1.97. The third kappa shape index (κ3) is 8.03. The number of thioether (sulfide) groups is 1. The zero-order valence-corrected chi connectivity index (χ0v) is 12.4. The lowest BCUT2D eigenvalue weighted by Crippen LogP contribution is -2.40. The highest BCUT2D eigenvalue weighted by Crippen LogP contribution is 2.16. The summed E-state index contributed by atoms with van der Waals surface area (Å²) >= 11 is 2.10. The molecule has 0 aromatic rings. The Morgan fingerprint density at radius 3 is 2.94 bits per heavy atom. The van der Waals surface area contributed by atoms with Gasteiger partial charge in [0.15, 0.2) is 0 Å². The summed E-state index contributed by atoms with van der Waals surface area (Å²) in [6, 6.07) is 0. The van der Waals surface area contributed by atoms with E-state index < -0.39 is 0 Å². The molecule has 1 N–H and O–H groups in total. The third-order valence-corrected chi connectivity index (χ3v) is 4.02. The van der Waals surface area contributed by atoms with Crippen LogP contribution < -0.4 is 5.32 Å². The molecule has 1 saturated heterocycles. The summed E-state index contributed by atoms with van der Waals surface area (Å²) in [6.07, 6.45) is 1.48. The molecule has 1 fully saturated rings. The maximum atomic E-state index is 5.50. The molecule has 1 rings (SSSR count). The van der Waals surface area contributed by atoms with E-state index in [-0.39, 0.29) is 0 Å². The normalized spacial score (nSPS) is 22.2. The summed E-state index contributed by atoms with van der Waals surface area (Å²) in [7, 11) is 0. The minimum Gasteiger partial charge on any atom is -0.379 e. The predicted molar refractivity (Wildman–Crippen MR) is 76.9 cm³/mol. The van der Waals surface area contributed by atoms with Gasteiger partial charge in [0.2, 0.25) is 0 Å². The van der Waals surface area contributed by atoms with Crippen molar-refractivity contribution in [2.24, 2.45) is 0 Å². The van der Waals surface area contributed by atoms with Crippen molar-refractivity contribution in [1.29, 1.82) is 0 Å². The second-order valence-electron chi connectivity index (χ2n) is 5.01. The highest BCUT2D eigenvalue weighted by Gasteiger charge is 2.15. The fraction of sp³-hybridized carbons (Fsp3) is 1.00. The molecular formula is C13H28N2OS. The Balaban J connectivity index is 1.86. The average Bonchev–Trinajstić information content (AvgIpc) is 2.27. The van der Waals surface area contributed by atoms with E-state index in [9.17, 15) is 0 Å². The highest BCUT2D eigenvalue weighted by atomic mass is 32.2. The molecule has 0 spiro atoms. The molecule has 3 nitrogen and oxygen atoms in total. The number of hydrogen-bond donors (Lipinski definition) is 1. The smallest absolute Gasteiger partial charge is 0.0518 e. The summed E-state index contributed by atoms with van der Waals surface area (Å²) in [5, 5.41) is 4.30. The van der Waals surface area contributed by atoms with Gasteiger partial charge in [-0.25, -0.2) is 0 Å². The molecule has 0 bridgehead atoms. The van der Waals surface area contributed by atoms with Crippen LogP contribution in [0, 0.1) is 0 Å². The van der Waals surface area contributed by atoms with Crippen LogP contribution in [0.25, 0.3) is 0 Å². The Kier molecular flexibility index (Phi) is 8.27. The van der Waals surface area contributed by atoms with Crippen molar-refractivity contribution in [1.82, 2.24) is 10.2 Å². The van der Waals surface area contributed by atoms with Crippen LogP contribution in [-0.4, -0.2) is 61.3 Å². The Bertz CT molecular complexity index is 190. The molecule has 1 aliphatic heterocycles. The van der Waals surface area contributed by atoms with Crippen molar-refractivity contribution in [3.63, 3.8) is 0 Å². The molecule has 17 heavy (non-hydrogen) atoms. The number of ether oxygens (including phenoxy) is 1. The van der Waals surface area contributed by atoms with Crippen LogP contribution in [0.3, 0.4) is 0 Å². The van der Waals surface area contributed by atoms with Gasteiger partial charge in [0.05, 0.1) is 6.10 Å². The predicted octanol–water partition coefficient (Wildman–Crippen LogP) is 1.83. The quantitative estimate of drug-likeness (QED) is 0.673. The van der Waals surface area contributed by atoms with Gasteiger partial charge in [-0.2, -0.15) is 11.8 Å². The van der Waals surface area contributed by atoms with E-state index in [1.807, 2.05) is 0 Å². The fourth-order valence-corrected chi connectivity index (χ4v) is 3.05. The molecule has 1 heterocycles. The van der Waals surface area contributed by atoms with Crippen molar-refractivity contribution in [2.45, 2.75) is 38.5 Å². The molecule has 0 radical (unpaired) electrons. The van der Waals surface area contributed by atoms with Crippen molar-refractivity contribution in [2.75, 3.05) is 45.1 Å². The number of nitrogens with zero attached hydrogens (tertiary/aromatic N) is 1. The summed E-state index contributed by atoms with van der Waals surface area (Å²) < 4.78 is 5.50. The van der Waals surface area contributed by atoms with E-state index in [2.05, 4.69) is 42.7 Å². The van der Waals surface area contributed by atoms with E-state index in [0.717, 1.165) is 31.4 Å². The molecule has 0 aromatic heterocycles. The van der Waals surface area contributed by atoms with Crippen LogP contribution in [0.15, 0.2) is 0 Å². The lowest BCUT2D eigenvalue weighted by atomic mass is 10.3. The molecule has 0 saturated carbocycles. The van der Waals surface area contributed by atoms with E-state index in [1.165, 1.54) is 25.4 Å². The second-order valence-corrected chi connectivity index (χ2v) is 6.55. The first-order valence-electron chi connectivity index (χ1n) is 6.84. The van der Waals surface area contributed by atoms with Crippen LogP contribution in [0.4, 0.5) is 0 Å². The topological polar surface area (TPSA) is 24.5 Å². The van der Waals surface area contributed by atoms with Crippen LogP contribution in [-0.2, 0) is 4.74 Å². The highest BCUT2D eigenvalue weighted by molar-refractivity contribution is 7.99. The second kappa shape index (κ2) is 9.20. The lowest BCUT2D eigenvalue weighted by Gasteiger charge is -2.30. The molecule has 1 aliphatic rings. The van der Waals surface area contributed by atoms with Gasteiger partial charge in [-0.1, -0.05) is 6.92 Å². The molecule has 1 unspecified atom stereocenters. The minimum absolute atomic E-state index is 0.363. The molecule has 0 amide bonds. The van der Waals surface area contributed by atoms with Gasteiger partial charge in [0, 0.05) is 43.8 Å². The standard InChI is InChI=1S/C13H28N2OS/c1-12(2)16-9-4-5-14-6-7-15-8-10-17-13(3)11-15/h12-14H,4-11H2,1-3H3. The van der Waals surface area contributed by atoms with Gasteiger partial charge >= 0.3 is 0 Å². The zero-order valence-electron chi connectivity index (χ0n) is 11.6. The summed E-state index contributed by atoms with van der Waals surface area (Å²) in [6.45, 7) is 13.3. The minimum atomic E-state index is 0.363. The first kappa shape index (κ1) is 15.3. The molecule has 102 valence electrons. The Hall–Kier alpha value is 0.230. The first-order valence-corrected chi connectivity index (χ1v) is 7.89. The van der Waals surface area contributed by atoms with Crippen molar-refractivity contribution in [3.05, 3.63) is 0 Å². The molecular weight excluding hydrogens is 232 g/mol. The Morgan fingerprint density at radius 1 is 1.41 bits per heavy atom. The van der Waals surface area contributed by atoms with Crippen LogP contribution in [0.5, 0.6) is 0 Å². The van der Waals surface area contributed by atoms with Crippen LogP contribution in [0.2, 0.25) is 0 Å². The summed E-state index contributed by atoms with van der Waals surface area (Å²) in [5.74, 6) is 1.30. The zero-order chi connectivity index (χ0) is 12.5. The maximum Gasteiger partial charge on any atom is 0.0518 e. The number of hydrogen-bond acceptors (Lipinski definition) is 4. The van der Waals surface area contributed by atoms with Crippen molar-refractivity contribution >= 4 is 11.8 Å². The molecule has 0 aliphatic carbocycles. The van der Waals surface area contributed by atoms with Gasteiger partial charge in [-0.05, 0) is 26.8 Å². The van der Waals surface area contributed by atoms with Gasteiger partial charge in [-0.15, -0.1) is 0 Å². The van der Waals surface area contributed by atoms with Gasteiger partial charge in [0.1, 0.15) is 0 Å². The van der Waals surface area contributed by atoms with Crippen molar-refractivity contribution < 1.29 is 4.74 Å². The van der Waals surface area contributed by atoms with Crippen LogP contribution in [0.1, 0.15) is 27.2 Å².